The Balaban J connectivity index is 1.47. The molecule has 0 bridgehead atoms. The summed E-state index contributed by atoms with van der Waals surface area (Å²) in [6, 6.07) is 15.5. The number of rotatable bonds is 4. The van der Waals surface area contributed by atoms with Crippen molar-refractivity contribution >= 4 is 45.8 Å². The van der Waals surface area contributed by atoms with E-state index in [4.69, 9.17) is 16.6 Å². The van der Waals surface area contributed by atoms with Crippen LogP contribution in [0, 0.1) is 0 Å². The maximum absolute atomic E-state index is 5.77. The molecule has 3 heterocycles. The van der Waals surface area contributed by atoms with Crippen molar-refractivity contribution in [2.45, 2.75) is 0 Å². The number of oxazole rings is 1. The SMILES string of the molecule is CN(C)c1ccc([NH2+]C(=S)Nc2cc(-c3nc4ncccc4o3)ccn2)cc1. The monoisotopic (exact) mass is 391 g/mol. The van der Waals surface area contributed by atoms with Gasteiger partial charge in [0.2, 0.25) is 5.89 Å². The standard InChI is InChI=1S/C20H18N6OS/c1-26(2)15-7-5-14(6-8-15)23-20(28)24-17-12-13(9-11-21-17)19-25-18-16(27-19)4-3-10-22-18/h3-12H,1-2H3,(H2,21,23,24,28)/p+1. The van der Waals surface area contributed by atoms with Crippen LogP contribution in [0.15, 0.2) is 65.3 Å². The number of quaternary nitrogens is 1. The van der Waals surface area contributed by atoms with E-state index in [1.165, 1.54) is 0 Å². The third-order valence-corrected chi connectivity index (χ3v) is 4.35. The number of aromatic nitrogens is 3. The number of hydrogen-bond donors (Lipinski definition) is 2. The summed E-state index contributed by atoms with van der Waals surface area (Å²) in [7, 11) is 4.02. The molecule has 4 aromatic rings. The summed E-state index contributed by atoms with van der Waals surface area (Å²) in [5.74, 6) is 1.12. The zero-order chi connectivity index (χ0) is 19.5. The summed E-state index contributed by atoms with van der Waals surface area (Å²) in [5, 5.41) is 5.61. The highest BCUT2D eigenvalue weighted by Gasteiger charge is 2.11. The molecule has 4 rings (SSSR count). The molecular formula is C20H19N6OS+. The molecule has 0 spiro atoms. The second-order valence-electron chi connectivity index (χ2n) is 6.39. The highest BCUT2D eigenvalue weighted by molar-refractivity contribution is 7.80. The van der Waals surface area contributed by atoms with Gasteiger partial charge in [0, 0.05) is 62.1 Å². The van der Waals surface area contributed by atoms with Gasteiger partial charge in [0.15, 0.2) is 11.2 Å². The number of thiocarbonyl (C=S) groups is 1. The lowest BCUT2D eigenvalue weighted by atomic mass is 10.2. The summed E-state index contributed by atoms with van der Waals surface area (Å²) in [4.78, 5) is 15.0. The van der Waals surface area contributed by atoms with Gasteiger partial charge in [-0.1, -0.05) is 0 Å². The number of benzene rings is 1. The van der Waals surface area contributed by atoms with Crippen LogP contribution in [-0.4, -0.2) is 34.2 Å². The number of hydrogen-bond acceptors (Lipinski definition) is 6. The molecule has 0 amide bonds. The first-order valence-electron chi connectivity index (χ1n) is 8.69. The predicted molar refractivity (Wildman–Crippen MR) is 114 cm³/mol. The minimum Gasteiger partial charge on any atom is -0.434 e. The van der Waals surface area contributed by atoms with Crippen molar-refractivity contribution in [3.8, 4) is 11.5 Å². The van der Waals surface area contributed by atoms with Crippen LogP contribution in [0.2, 0.25) is 0 Å². The van der Waals surface area contributed by atoms with E-state index in [2.05, 4.69) is 37.3 Å². The van der Waals surface area contributed by atoms with Gasteiger partial charge in [-0.2, -0.15) is 4.98 Å². The van der Waals surface area contributed by atoms with Gasteiger partial charge in [0.1, 0.15) is 11.5 Å². The topological polar surface area (TPSA) is 83.7 Å². The Morgan fingerprint density at radius 3 is 2.64 bits per heavy atom. The molecule has 140 valence electrons. The Kier molecular flexibility index (Phi) is 4.96. The third-order valence-electron chi connectivity index (χ3n) is 4.13. The molecule has 0 saturated carbocycles. The Hall–Kier alpha value is -3.36. The molecule has 0 aliphatic rings. The first-order chi connectivity index (χ1) is 13.6. The lowest BCUT2D eigenvalue weighted by Crippen LogP contribution is -2.83. The summed E-state index contributed by atoms with van der Waals surface area (Å²) >= 11 is 5.45. The van der Waals surface area contributed by atoms with Crippen molar-refractivity contribution in [1.29, 1.82) is 0 Å². The average molecular weight is 391 g/mol. The van der Waals surface area contributed by atoms with Crippen LogP contribution in [0.3, 0.4) is 0 Å². The van der Waals surface area contributed by atoms with Gasteiger partial charge in [-0.3, -0.25) is 10.6 Å². The smallest absolute Gasteiger partial charge is 0.277 e. The van der Waals surface area contributed by atoms with E-state index in [0.29, 0.717) is 28.1 Å². The average Bonchev–Trinajstić information content (AvgIpc) is 3.13. The van der Waals surface area contributed by atoms with E-state index < -0.39 is 0 Å². The fourth-order valence-electron chi connectivity index (χ4n) is 2.71. The molecule has 28 heavy (non-hydrogen) atoms. The Morgan fingerprint density at radius 1 is 1.07 bits per heavy atom. The van der Waals surface area contributed by atoms with Crippen LogP contribution in [-0.2, 0) is 0 Å². The molecule has 0 atom stereocenters. The first kappa shape index (κ1) is 18.0. The van der Waals surface area contributed by atoms with E-state index in [-0.39, 0.29) is 0 Å². The van der Waals surface area contributed by atoms with E-state index >= 15 is 0 Å². The van der Waals surface area contributed by atoms with Crippen molar-refractivity contribution in [1.82, 2.24) is 15.0 Å². The maximum Gasteiger partial charge on any atom is 0.277 e. The van der Waals surface area contributed by atoms with E-state index in [9.17, 15) is 0 Å². The summed E-state index contributed by atoms with van der Waals surface area (Å²) in [6.45, 7) is 0. The molecule has 1 aromatic carbocycles. The fraction of sp³-hybridized carbons (Fsp3) is 0.100. The minimum absolute atomic E-state index is 0.494. The fourth-order valence-corrected chi connectivity index (χ4v) is 2.95. The number of nitrogens with two attached hydrogens (primary N) is 1. The third kappa shape index (κ3) is 3.98. The molecule has 3 aromatic heterocycles. The van der Waals surface area contributed by atoms with Crippen LogP contribution in [0.4, 0.5) is 17.2 Å². The Morgan fingerprint density at radius 2 is 1.89 bits per heavy atom. The van der Waals surface area contributed by atoms with Gasteiger partial charge in [-0.05, 0) is 36.4 Å². The summed E-state index contributed by atoms with van der Waals surface area (Å²) in [6.07, 6.45) is 3.38. The van der Waals surface area contributed by atoms with Crippen LogP contribution in [0.5, 0.6) is 0 Å². The van der Waals surface area contributed by atoms with E-state index in [1.54, 1.807) is 12.4 Å². The largest absolute Gasteiger partial charge is 0.434 e. The lowest BCUT2D eigenvalue weighted by molar-refractivity contribution is -0.439. The molecule has 0 unspecified atom stereocenters. The Labute approximate surface area is 167 Å². The number of anilines is 2. The van der Waals surface area contributed by atoms with E-state index in [0.717, 1.165) is 16.9 Å². The lowest BCUT2D eigenvalue weighted by Gasteiger charge is -2.12. The van der Waals surface area contributed by atoms with Crippen LogP contribution in [0.25, 0.3) is 22.7 Å². The minimum atomic E-state index is 0.494. The first-order valence-corrected chi connectivity index (χ1v) is 9.10. The van der Waals surface area contributed by atoms with Gasteiger partial charge in [0.05, 0.1) is 0 Å². The van der Waals surface area contributed by atoms with Crippen molar-refractivity contribution in [2.75, 3.05) is 24.3 Å². The molecule has 7 nitrogen and oxygen atoms in total. The zero-order valence-electron chi connectivity index (χ0n) is 15.5. The normalized spacial score (nSPS) is 10.8. The van der Waals surface area contributed by atoms with Crippen molar-refractivity contribution in [2.24, 2.45) is 0 Å². The van der Waals surface area contributed by atoms with Crippen molar-refractivity contribution in [3.63, 3.8) is 0 Å². The number of fused-ring (bicyclic) bond motifs is 1. The van der Waals surface area contributed by atoms with Gasteiger partial charge in [0.25, 0.3) is 5.11 Å². The molecule has 3 N–H and O–H groups in total. The zero-order valence-corrected chi connectivity index (χ0v) is 16.3. The van der Waals surface area contributed by atoms with Crippen molar-refractivity contribution < 1.29 is 9.73 Å². The summed E-state index contributed by atoms with van der Waals surface area (Å²) in [5.41, 5.74) is 4.18. The number of nitrogens with one attached hydrogen (secondary N) is 1. The molecule has 0 aliphatic heterocycles. The second kappa shape index (κ2) is 7.71. The van der Waals surface area contributed by atoms with Crippen LogP contribution >= 0.6 is 12.2 Å². The van der Waals surface area contributed by atoms with Crippen molar-refractivity contribution in [3.05, 3.63) is 60.9 Å². The van der Waals surface area contributed by atoms with Gasteiger partial charge >= 0.3 is 0 Å². The highest BCUT2D eigenvalue weighted by atomic mass is 32.1. The summed E-state index contributed by atoms with van der Waals surface area (Å²) < 4.78 is 5.77. The second-order valence-corrected chi connectivity index (χ2v) is 6.83. The van der Waals surface area contributed by atoms with E-state index in [1.807, 2.05) is 55.8 Å². The number of nitrogens with zero attached hydrogens (tertiary/aromatic N) is 4. The van der Waals surface area contributed by atoms with Gasteiger partial charge < -0.3 is 9.32 Å². The molecule has 0 fully saturated rings. The van der Waals surface area contributed by atoms with Gasteiger partial charge in [-0.15, -0.1) is 0 Å². The molecule has 8 heteroatoms. The molecule has 0 saturated heterocycles. The molecular weight excluding hydrogens is 372 g/mol. The highest BCUT2D eigenvalue weighted by Crippen LogP contribution is 2.24. The molecule has 0 radical (unpaired) electrons. The van der Waals surface area contributed by atoms with Crippen LogP contribution in [0.1, 0.15) is 0 Å². The molecule has 0 aliphatic carbocycles. The quantitative estimate of drug-likeness (QED) is 0.409. The Bertz CT molecular complexity index is 1090. The number of pyridine rings is 2. The predicted octanol–water partition coefficient (Wildman–Crippen LogP) is 2.94. The van der Waals surface area contributed by atoms with Gasteiger partial charge in [-0.25, -0.2) is 9.97 Å². The van der Waals surface area contributed by atoms with Crippen LogP contribution < -0.4 is 15.5 Å². The maximum atomic E-state index is 5.77.